The van der Waals surface area contributed by atoms with Gasteiger partial charge in [-0.05, 0) is 25.0 Å². The van der Waals surface area contributed by atoms with Crippen molar-refractivity contribution in [3.05, 3.63) is 12.1 Å². The van der Waals surface area contributed by atoms with E-state index in [2.05, 4.69) is 9.88 Å². The highest BCUT2D eigenvalue weighted by Crippen LogP contribution is 2.31. The van der Waals surface area contributed by atoms with Gasteiger partial charge in [0.25, 0.3) is 0 Å². The predicted molar refractivity (Wildman–Crippen MR) is 60.5 cm³/mol. The second-order valence-corrected chi connectivity index (χ2v) is 3.79. The summed E-state index contributed by atoms with van der Waals surface area (Å²) >= 11 is 0. The normalized spacial score (nSPS) is 15.3. The van der Waals surface area contributed by atoms with Crippen LogP contribution in [0.4, 0.5) is 17.3 Å². The molecule has 1 heterocycles. The second kappa shape index (κ2) is 3.94. The zero-order chi connectivity index (χ0) is 10.8. The largest absolute Gasteiger partial charge is 0.396 e. The number of nitrogens with zero attached hydrogens (tertiary/aromatic N) is 2. The van der Waals surface area contributed by atoms with Crippen molar-refractivity contribution in [1.29, 1.82) is 0 Å². The van der Waals surface area contributed by atoms with E-state index in [4.69, 9.17) is 16.6 Å². The summed E-state index contributed by atoms with van der Waals surface area (Å²) in [6.07, 6.45) is 2.32. The Morgan fingerprint density at radius 2 is 2.13 bits per heavy atom. The molecule has 82 valence electrons. The van der Waals surface area contributed by atoms with E-state index >= 15 is 0 Å². The van der Waals surface area contributed by atoms with Gasteiger partial charge >= 0.3 is 0 Å². The molecule has 5 N–H and O–H groups in total. The Morgan fingerprint density at radius 1 is 1.40 bits per heavy atom. The van der Waals surface area contributed by atoms with Crippen LogP contribution in [-0.2, 0) is 0 Å². The first-order chi connectivity index (χ1) is 7.22. The molecule has 0 unspecified atom stereocenters. The van der Waals surface area contributed by atoms with Gasteiger partial charge in [-0.2, -0.15) is 0 Å². The molecule has 0 aromatic carbocycles. The summed E-state index contributed by atoms with van der Waals surface area (Å²) in [5.41, 5.74) is 11.7. The lowest BCUT2D eigenvalue weighted by Gasteiger charge is -2.22. The third-order valence-electron chi connectivity index (χ3n) is 2.57. The zero-order valence-corrected chi connectivity index (χ0v) is 8.56. The Hall–Kier alpha value is -1.49. The minimum atomic E-state index is 0.127. The second-order valence-electron chi connectivity index (χ2n) is 3.79. The molecule has 5 heteroatoms. The minimum absolute atomic E-state index is 0.127. The molecule has 5 nitrogen and oxygen atoms in total. The number of pyridine rings is 1. The molecule has 0 atom stereocenters. The Morgan fingerprint density at radius 3 is 2.67 bits per heavy atom. The van der Waals surface area contributed by atoms with Crippen molar-refractivity contribution in [3.8, 4) is 0 Å². The van der Waals surface area contributed by atoms with Crippen molar-refractivity contribution in [2.24, 2.45) is 0 Å². The number of nitrogens with two attached hydrogens (primary N) is 2. The van der Waals surface area contributed by atoms with Crippen LogP contribution < -0.4 is 16.4 Å². The predicted octanol–water partition coefficient (Wildman–Crippen LogP) is 0.207. The van der Waals surface area contributed by atoms with Gasteiger partial charge in [-0.15, -0.1) is 0 Å². The number of rotatable bonds is 4. The van der Waals surface area contributed by atoms with Crippen molar-refractivity contribution < 1.29 is 5.11 Å². The standard InChI is InChI=1S/C10H16N4O/c11-8-3-4-9(13-10(8)12)14(5-6-15)7-1-2-7/h3-4,7,15H,1-2,5-6,11H2,(H2,12,13). The molecule has 1 aromatic rings. The highest BCUT2D eigenvalue weighted by atomic mass is 16.3. The molecule has 1 saturated carbocycles. The van der Waals surface area contributed by atoms with Crippen LogP contribution in [-0.4, -0.2) is 29.3 Å². The highest BCUT2D eigenvalue weighted by Gasteiger charge is 2.29. The molecule has 0 aliphatic heterocycles. The van der Waals surface area contributed by atoms with Gasteiger partial charge in [-0.1, -0.05) is 0 Å². The number of aromatic nitrogens is 1. The lowest BCUT2D eigenvalue weighted by atomic mass is 10.3. The van der Waals surface area contributed by atoms with Crippen LogP contribution in [0.3, 0.4) is 0 Å². The smallest absolute Gasteiger partial charge is 0.149 e. The van der Waals surface area contributed by atoms with E-state index in [9.17, 15) is 0 Å². The van der Waals surface area contributed by atoms with Crippen LogP contribution in [0.15, 0.2) is 12.1 Å². The molecular weight excluding hydrogens is 192 g/mol. The average molecular weight is 208 g/mol. The Labute approximate surface area is 88.7 Å². The number of hydrogen-bond acceptors (Lipinski definition) is 5. The summed E-state index contributed by atoms with van der Waals surface area (Å²) in [6.45, 7) is 0.726. The molecule has 0 spiro atoms. The molecule has 1 aliphatic rings. The topological polar surface area (TPSA) is 88.4 Å². The lowest BCUT2D eigenvalue weighted by Crippen LogP contribution is -2.29. The zero-order valence-electron chi connectivity index (χ0n) is 8.56. The molecule has 15 heavy (non-hydrogen) atoms. The van der Waals surface area contributed by atoms with Crippen molar-refractivity contribution in [3.63, 3.8) is 0 Å². The Balaban J connectivity index is 2.21. The van der Waals surface area contributed by atoms with Crippen LogP contribution >= 0.6 is 0 Å². The van der Waals surface area contributed by atoms with Gasteiger partial charge in [0, 0.05) is 12.6 Å². The summed E-state index contributed by atoms with van der Waals surface area (Å²) < 4.78 is 0. The number of nitrogen functional groups attached to an aromatic ring is 2. The van der Waals surface area contributed by atoms with E-state index in [1.54, 1.807) is 6.07 Å². The summed E-state index contributed by atoms with van der Waals surface area (Å²) in [5, 5.41) is 8.97. The van der Waals surface area contributed by atoms with Crippen LogP contribution in [0.1, 0.15) is 12.8 Å². The van der Waals surface area contributed by atoms with Crippen LogP contribution in [0, 0.1) is 0 Å². The van der Waals surface area contributed by atoms with E-state index < -0.39 is 0 Å². The molecule has 1 aromatic heterocycles. The number of anilines is 3. The van der Waals surface area contributed by atoms with Gasteiger partial charge in [0.2, 0.25) is 0 Å². The average Bonchev–Trinajstić information content (AvgIpc) is 3.02. The summed E-state index contributed by atoms with van der Waals surface area (Å²) in [4.78, 5) is 6.30. The quantitative estimate of drug-likeness (QED) is 0.658. The van der Waals surface area contributed by atoms with Gasteiger partial charge in [-0.25, -0.2) is 4.98 Å². The van der Waals surface area contributed by atoms with Gasteiger partial charge in [-0.3, -0.25) is 0 Å². The summed E-state index contributed by atoms with van der Waals surface area (Å²) in [6, 6.07) is 4.11. The first kappa shape index (κ1) is 10.0. The van der Waals surface area contributed by atoms with Crippen molar-refractivity contribution >= 4 is 17.3 Å². The minimum Gasteiger partial charge on any atom is -0.396 e. The van der Waals surface area contributed by atoms with E-state index in [-0.39, 0.29) is 6.61 Å². The van der Waals surface area contributed by atoms with E-state index in [0.29, 0.717) is 24.1 Å². The van der Waals surface area contributed by atoms with Gasteiger partial charge in [0.15, 0.2) is 0 Å². The Bertz CT molecular complexity index is 351. The van der Waals surface area contributed by atoms with Crippen LogP contribution in [0.2, 0.25) is 0 Å². The third-order valence-corrected chi connectivity index (χ3v) is 2.57. The first-order valence-electron chi connectivity index (χ1n) is 5.12. The lowest BCUT2D eigenvalue weighted by molar-refractivity contribution is 0.301. The molecule has 1 aliphatic carbocycles. The van der Waals surface area contributed by atoms with Crippen molar-refractivity contribution in [1.82, 2.24) is 4.98 Å². The summed E-state index contributed by atoms with van der Waals surface area (Å²) in [5.74, 6) is 1.16. The number of aliphatic hydroxyl groups excluding tert-OH is 1. The van der Waals surface area contributed by atoms with E-state index in [0.717, 1.165) is 18.7 Å². The van der Waals surface area contributed by atoms with Gasteiger partial charge in [0.05, 0.1) is 12.3 Å². The molecule has 0 radical (unpaired) electrons. The van der Waals surface area contributed by atoms with E-state index in [1.807, 2.05) is 6.07 Å². The molecule has 1 fully saturated rings. The molecular formula is C10H16N4O. The maximum atomic E-state index is 8.97. The van der Waals surface area contributed by atoms with Gasteiger partial charge < -0.3 is 21.5 Å². The molecule has 0 saturated heterocycles. The number of hydrogen-bond donors (Lipinski definition) is 3. The number of aliphatic hydroxyl groups is 1. The van der Waals surface area contributed by atoms with Crippen LogP contribution in [0.5, 0.6) is 0 Å². The fraction of sp³-hybridized carbons (Fsp3) is 0.500. The maximum absolute atomic E-state index is 8.97. The van der Waals surface area contributed by atoms with E-state index in [1.165, 1.54) is 0 Å². The van der Waals surface area contributed by atoms with Crippen LogP contribution in [0.25, 0.3) is 0 Å². The van der Waals surface area contributed by atoms with Crippen molar-refractivity contribution in [2.75, 3.05) is 29.5 Å². The Kier molecular flexibility index (Phi) is 2.64. The monoisotopic (exact) mass is 208 g/mol. The molecule has 0 amide bonds. The maximum Gasteiger partial charge on any atom is 0.149 e. The summed E-state index contributed by atoms with van der Waals surface area (Å²) in [7, 11) is 0. The van der Waals surface area contributed by atoms with Gasteiger partial charge in [0.1, 0.15) is 11.6 Å². The fourth-order valence-electron chi connectivity index (χ4n) is 1.61. The molecule has 0 bridgehead atoms. The first-order valence-corrected chi connectivity index (χ1v) is 5.12. The highest BCUT2D eigenvalue weighted by molar-refractivity contribution is 5.62. The fourth-order valence-corrected chi connectivity index (χ4v) is 1.61. The molecule has 2 rings (SSSR count). The van der Waals surface area contributed by atoms with Crippen molar-refractivity contribution in [2.45, 2.75) is 18.9 Å². The SMILES string of the molecule is Nc1ccc(N(CCO)C2CC2)nc1N. The third kappa shape index (κ3) is 2.12.